The van der Waals surface area contributed by atoms with Crippen molar-refractivity contribution in [3.05, 3.63) is 133 Å². The van der Waals surface area contributed by atoms with Crippen molar-refractivity contribution in [2.45, 2.75) is 0 Å². The molecule has 0 aliphatic rings. The van der Waals surface area contributed by atoms with E-state index in [0.29, 0.717) is 5.69 Å². The quantitative estimate of drug-likeness (QED) is 0.142. The summed E-state index contributed by atoms with van der Waals surface area (Å²) >= 11 is 0. The third-order valence-electron chi connectivity index (χ3n) is 4.94. The Bertz CT molecular complexity index is 1320. The van der Waals surface area contributed by atoms with Gasteiger partial charge in [-0.15, -0.1) is 0 Å². The number of allylic oxidation sites excluding steroid dienone is 1. The van der Waals surface area contributed by atoms with E-state index in [2.05, 4.69) is 20.6 Å². The highest BCUT2D eigenvalue weighted by Gasteiger charge is 2.23. The van der Waals surface area contributed by atoms with E-state index in [1.54, 1.807) is 0 Å². The third kappa shape index (κ3) is 6.55. The van der Waals surface area contributed by atoms with Crippen LogP contribution in [-0.4, -0.2) is 0 Å². The molecule has 8 heteroatoms. The number of nitriles is 2. The first-order chi connectivity index (χ1) is 17.7. The van der Waals surface area contributed by atoms with Gasteiger partial charge in [0.2, 0.25) is 7.51 Å². The van der Waals surface area contributed by atoms with Crippen molar-refractivity contribution in [3.63, 3.8) is 0 Å². The summed E-state index contributed by atoms with van der Waals surface area (Å²) in [5.74, 6) is 0.148. The largest absolute Gasteiger partial charge is 0.338 e. The fourth-order valence-electron chi connectivity index (χ4n) is 3.33. The number of hydrogen-bond acceptors (Lipinski definition) is 4. The Kier molecular flexibility index (Phi) is 8.02. The zero-order valence-electron chi connectivity index (χ0n) is 19.3. The first-order valence-electron chi connectivity index (χ1n) is 11.2. The van der Waals surface area contributed by atoms with E-state index in [1.165, 1.54) is 0 Å². The van der Waals surface area contributed by atoms with Crippen LogP contribution in [0.1, 0.15) is 0 Å². The topological polar surface area (TPSA) is 108 Å². The molecule has 0 heterocycles. The smallest absolute Gasteiger partial charge is 0.242 e. The summed E-state index contributed by atoms with van der Waals surface area (Å²) in [5.41, 5.74) is 3.02. The van der Waals surface area contributed by atoms with Crippen LogP contribution in [0.3, 0.4) is 0 Å². The van der Waals surface area contributed by atoms with Gasteiger partial charge in [-0.2, -0.15) is 15.3 Å². The van der Waals surface area contributed by atoms with Crippen LogP contribution in [0.4, 0.5) is 22.7 Å². The van der Waals surface area contributed by atoms with Gasteiger partial charge < -0.3 is 20.6 Å². The Balaban J connectivity index is 1.93. The predicted octanol–water partition coefficient (Wildman–Crippen LogP) is 7.64. The van der Waals surface area contributed by atoms with Crippen LogP contribution < -0.4 is 20.6 Å². The lowest BCUT2D eigenvalue weighted by molar-refractivity contribution is 1.27. The average molecular weight is 490 g/mol. The molecular formula is C28H24N7P. The molecule has 0 fully saturated rings. The zero-order valence-corrected chi connectivity index (χ0v) is 20.2. The van der Waals surface area contributed by atoms with Crippen LogP contribution in [0.5, 0.6) is 0 Å². The van der Waals surface area contributed by atoms with Crippen molar-refractivity contribution in [1.29, 1.82) is 10.5 Å². The molecule has 36 heavy (non-hydrogen) atoms. The molecule has 0 saturated heterocycles. The van der Waals surface area contributed by atoms with Gasteiger partial charge in [-0.3, -0.25) is 0 Å². The summed E-state index contributed by atoms with van der Waals surface area (Å²) in [5, 5.41) is 33.3. The first-order valence-corrected chi connectivity index (χ1v) is 12.9. The summed E-state index contributed by atoms with van der Waals surface area (Å²) in [6.07, 6.45) is 0. The van der Waals surface area contributed by atoms with E-state index in [9.17, 15) is 10.5 Å². The molecule has 0 radical (unpaired) electrons. The van der Waals surface area contributed by atoms with Crippen LogP contribution in [0.15, 0.2) is 137 Å². The fourth-order valence-corrected chi connectivity index (χ4v) is 5.67. The van der Waals surface area contributed by atoms with Crippen molar-refractivity contribution in [3.8, 4) is 12.1 Å². The molecule has 7 nitrogen and oxygen atoms in total. The highest BCUT2D eigenvalue weighted by atomic mass is 31.2. The molecule has 4 aromatic carbocycles. The van der Waals surface area contributed by atoms with Crippen molar-refractivity contribution in [2.75, 3.05) is 20.6 Å². The highest BCUT2D eigenvalue weighted by molar-refractivity contribution is 7.70. The van der Waals surface area contributed by atoms with Gasteiger partial charge in [-0.1, -0.05) is 72.8 Å². The Hall–Kier alpha value is -4.97. The molecule has 4 aromatic rings. The monoisotopic (exact) mass is 489 g/mol. The summed E-state index contributed by atoms with van der Waals surface area (Å²) in [6.45, 7) is 0. The maximum absolute atomic E-state index is 9.76. The Morgan fingerprint density at radius 1 is 0.528 bits per heavy atom. The maximum Gasteiger partial charge on any atom is 0.242 e. The molecule has 4 rings (SSSR count). The van der Waals surface area contributed by atoms with Crippen LogP contribution >= 0.6 is 7.51 Å². The standard InChI is InChI=1S/C28H24N7P/c29-21-23(22-30)28(31-24-13-5-1-6-14-24)35-36(32-25-15-7-2-8-16-25,33-26-17-9-3-10-18-26)34-27-19-11-4-12-20-27/h1-20,31-34H. The lowest BCUT2D eigenvalue weighted by Crippen LogP contribution is -2.16. The molecule has 176 valence electrons. The van der Waals surface area contributed by atoms with Gasteiger partial charge in [0.25, 0.3) is 0 Å². The molecule has 0 aliphatic heterocycles. The van der Waals surface area contributed by atoms with Crippen LogP contribution in [0, 0.1) is 22.7 Å². The van der Waals surface area contributed by atoms with E-state index >= 15 is 0 Å². The second-order valence-corrected chi connectivity index (χ2v) is 9.75. The molecule has 0 bridgehead atoms. The Morgan fingerprint density at radius 3 is 1.19 bits per heavy atom. The summed E-state index contributed by atoms with van der Waals surface area (Å²) in [4.78, 5) is 0. The number of para-hydroxylation sites is 4. The number of nitrogens with one attached hydrogen (secondary N) is 4. The second-order valence-electron chi connectivity index (χ2n) is 7.61. The predicted molar refractivity (Wildman–Crippen MR) is 148 cm³/mol. The van der Waals surface area contributed by atoms with Crippen LogP contribution in [-0.2, 0) is 0 Å². The molecule has 0 spiro atoms. The van der Waals surface area contributed by atoms with Gasteiger partial charge in [0.1, 0.15) is 12.1 Å². The number of rotatable bonds is 9. The molecule has 0 aromatic heterocycles. The van der Waals surface area contributed by atoms with E-state index in [-0.39, 0.29) is 11.4 Å². The molecule has 0 atom stereocenters. The van der Waals surface area contributed by atoms with Gasteiger partial charge >= 0.3 is 0 Å². The molecule has 0 amide bonds. The van der Waals surface area contributed by atoms with Crippen molar-refractivity contribution < 1.29 is 0 Å². The number of nitrogens with zero attached hydrogens (tertiary/aromatic N) is 3. The van der Waals surface area contributed by atoms with Crippen molar-refractivity contribution in [1.82, 2.24) is 0 Å². The summed E-state index contributed by atoms with van der Waals surface area (Å²) < 4.78 is 5.03. The molecule has 4 N–H and O–H groups in total. The summed E-state index contributed by atoms with van der Waals surface area (Å²) in [6, 6.07) is 42.3. The van der Waals surface area contributed by atoms with Crippen LogP contribution in [0.2, 0.25) is 0 Å². The highest BCUT2D eigenvalue weighted by Crippen LogP contribution is 2.50. The lowest BCUT2D eigenvalue weighted by atomic mass is 10.3. The van der Waals surface area contributed by atoms with Gasteiger partial charge in [0.05, 0.1) is 0 Å². The van der Waals surface area contributed by atoms with Crippen LogP contribution in [0.25, 0.3) is 0 Å². The molecule has 0 unspecified atom stereocenters. The Morgan fingerprint density at radius 2 is 0.861 bits per heavy atom. The minimum atomic E-state index is -2.98. The third-order valence-corrected chi connectivity index (χ3v) is 7.19. The molecule has 0 aliphatic carbocycles. The van der Waals surface area contributed by atoms with Gasteiger partial charge in [0.15, 0.2) is 11.4 Å². The fraction of sp³-hybridized carbons (Fsp3) is 0. The van der Waals surface area contributed by atoms with Gasteiger partial charge in [0, 0.05) is 22.7 Å². The molecular weight excluding hydrogens is 465 g/mol. The minimum absolute atomic E-state index is 0.136. The van der Waals surface area contributed by atoms with E-state index in [1.807, 2.05) is 133 Å². The van der Waals surface area contributed by atoms with E-state index in [0.717, 1.165) is 17.1 Å². The summed E-state index contributed by atoms with van der Waals surface area (Å²) in [7, 11) is -2.98. The normalized spacial score (nSPS) is 10.2. The SMILES string of the molecule is N#CC(C#N)=C(N=P(Nc1ccccc1)(Nc1ccccc1)Nc1ccccc1)Nc1ccccc1. The average Bonchev–Trinajstić information content (AvgIpc) is 2.91. The number of benzene rings is 4. The van der Waals surface area contributed by atoms with Crippen molar-refractivity contribution >= 4 is 30.3 Å². The van der Waals surface area contributed by atoms with Crippen molar-refractivity contribution in [2.24, 2.45) is 4.74 Å². The molecule has 0 saturated carbocycles. The second kappa shape index (κ2) is 11.9. The van der Waals surface area contributed by atoms with Gasteiger partial charge in [-0.25, -0.2) is 0 Å². The zero-order chi connectivity index (χ0) is 25.1. The minimum Gasteiger partial charge on any atom is -0.338 e. The lowest BCUT2D eigenvalue weighted by Gasteiger charge is -2.30. The Labute approximate surface area is 211 Å². The number of hydrogen-bond donors (Lipinski definition) is 4. The van der Waals surface area contributed by atoms with E-state index < -0.39 is 7.51 Å². The van der Waals surface area contributed by atoms with E-state index in [4.69, 9.17) is 4.74 Å². The first kappa shape index (κ1) is 24.2. The number of anilines is 4. The maximum atomic E-state index is 9.76. The van der Waals surface area contributed by atoms with Gasteiger partial charge in [-0.05, 0) is 48.5 Å².